The minimum absolute atomic E-state index is 0.310. The van der Waals surface area contributed by atoms with E-state index in [-0.39, 0.29) is 0 Å². The Morgan fingerprint density at radius 3 is 1.32 bits per heavy atom. The molecule has 0 aromatic heterocycles. The van der Waals surface area contributed by atoms with E-state index in [1.54, 1.807) is 7.11 Å². The van der Waals surface area contributed by atoms with Crippen LogP contribution in [-0.4, -0.2) is 44.4 Å². The highest BCUT2D eigenvalue weighted by atomic mass is 16.7. The highest BCUT2D eigenvalue weighted by molar-refractivity contribution is 5.16. The van der Waals surface area contributed by atoms with Crippen LogP contribution in [0.15, 0.2) is 121 Å². The molecule has 0 bridgehead atoms. The van der Waals surface area contributed by atoms with Gasteiger partial charge in [0.15, 0.2) is 6.29 Å². The van der Waals surface area contributed by atoms with Crippen molar-refractivity contribution in [2.75, 3.05) is 13.7 Å². The number of rotatable bonds is 14. The molecule has 0 saturated carbocycles. The highest BCUT2D eigenvalue weighted by Gasteiger charge is 2.48. The predicted octanol–water partition coefficient (Wildman–Crippen LogP) is 6.33. The van der Waals surface area contributed by atoms with Gasteiger partial charge >= 0.3 is 0 Å². The Labute approximate surface area is 242 Å². The largest absolute Gasteiger partial charge is 0.374 e. The molecule has 1 heterocycles. The van der Waals surface area contributed by atoms with Gasteiger partial charge in [0.25, 0.3) is 0 Å². The van der Waals surface area contributed by atoms with Crippen molar-refractivity contribution in [3.05, 3.63) is 144 Å². The Morgan fingerprint density at radius 1 is 0.488 bits per heavy atom. The van der Waals surface area contributed by atoms with E-state index in [0.29, 0.717) is 33.0 Å². The maximum Gasteiger partial charge on any atom is 0.186 e. The van der Waals surface area contributed by atoms with E-state index in [2.05, 4.69) is 0 Å². The zero-order chi connectivity index (χ0) is 28.1. The standard InChI is InChI=1S/C35H38O6/c1-36-35-34(40-25-30-20-12-5-13-21-30)33(39-24-29-18-10-4-11-19-29)32(38-23-28-16-8-3-9-17-28)31(41-35)26-37-22-27-14-6-2-7-15-27/h2-21,31-35H,22-26H2,1H3/t31?,32-,33?,34?,35+/m0/s1. The number of ether oxygens (including phenoxy) is 6. The Hall–Kier alpha value is -3.36. The van der Waals surface area contributed by atoms with Crippen LogP contribution in [-0.2, 0) is 54.8 Å². The average molecular weight is 555 g/mol. The second kappa shape index (κ2) is 15.6. The van der Waals surface area contributed by atoms with Gasteiger partial charge in [0.05, 0.1) is 33.0 Å². The summed E-state index contributed by atoms with van der Waals surface area (Å²) in [5.41, 5.74) is 4.27. The van der Waals surface area contributed by atoms with Gasteiger partial charge in [0.1, 0.15) is 24.4 Å². The molecule has 1 aliphatic rings. The van der Waals surface area contributed by atoms with E-state index < -0.39 is 30.7 Å². The smallest absolute Gasteiger partial charge is 0.186 e. The summed E-state index contributed by atoms with van der Waals surface area (Å²) in [5, 5.41) is 0. The highest BCUT2D eigenvalue weighted by Crippen LogP contribution is 2.31. The number of hydrogen-bond donors (Lipinski definition) is 0. The van der Waals surface area contributed by atoms with Gasteiger partial charge < -0.3 is 28.4 Å². The van der Waals surface area contributed by atoms with E-state index in [0.717, 1.165) is 22.3 Å². The van der Waals surface area contributed by atoms with Crippen LogP contribution in [0.5, 0.6) is 0 Å². The van der Waals surface area contributed by atoms with Crippen LogP contribution in [0.2, 0.25) is 0 Å². The summed E-state index contributed by atoms with van der Waals surface area (Å²) in [7, 11) is 1.63. The van der Waals surface area contributed by atoms with Gasteiger partial charge in [0, 0.05) is 7.11 Å². The fourth-order valence-electron chi connectivity index (χ4n) is 4.94. The summed E-state index contributed by atoms with van der Waals surface area (Å²) in [4.78, 5) is 0. The van der Waals surface area contributed by atoms with Crippen molar-refractivity contribution < 1.29 is 28.4 Å². The Balaban J connectivity index is 1.38. The molecule has 6 heteroatoms. The van der Waals surface area contributed by atoms with Gasteiger partial charge in [-0.2, -0.15) is 0 Å². The summed E-state index contributed by atoms with van der Waals surface area (Å²) in [6.45, 7) is 1.97. The Kier molecular flexibility index (Phi) is 11.1. The SMILES string of the molecule is CO[C@@H]1OC(COCc2ccccc2)[C@H](OCc2ccccc2)C(OCc2ccccc2)C1OCc1ccccc1. The molecule has 0 spiro atoms. The second-order valence-electron chi connectivity index (χ2n) is 10.1. The molecule has 0 amide bonds. The fraction of sp³-hybridized carbons (Fsp3) is 0.314. The molecular weight excluding hydrogens is 516 g/mol. The topological polar surface area (TPSA) is 55.4 Å². The average Bonchev–Trinajstić information content (AvgIpc) is 3.04. The van der Waals surface area contributed by atoms with Gasteiger partial charge in [-0.25, -0.2) is 0 Å². The number of benzene rings is 4. The van der Waals surface area contributed by atoms with Crippen molar-refractivity contribution >= 4 is 0 Å². The maximum atomic E-state index is 6.63. The Morgan fingerprint density at radius 2 is 0.878 bits per heavy atom. The first-order valence-corrected chi connectivity index (χ1v) is 14.1. The van der Waals surface area contributed by atoms with Crippen molar-refractivity contribution in [2.24, 2.45) is 0 Å². The van der Waals surface area contributed by atoms with E-state index >= 15 is 0 Å². The van der Waals surface area contributed by atoms with Crippen molar-refractivity contribution in [3.63, 3.8) is 0 Å². The molecule has 1 aliphatic heterocycles. The summed E-state index contributed by atoms with van der Waals surface area (Å²) in [6, 6.07) is 40.4. The first kappa shape index (κ1) is 29.1. The van der Waals surface area contributed by atoms with Crippen molar-refractivity contribution in [1.82, 2.24) is 0 Å². The first-order chi connectivity index (χ1) is 20.3. The van der Waals surface area contributed by atoms with Crippen LogP contribution in [0.1, 0.15) is 22.3 Å². The molecule has 41 heavy (non-hydrogen) atoms. The first-order valence-electron chi connectivity index (χ1n) is 14.1. The zero-order valence-electron chi connectivity index (χ0n) is 23.4. The van der Waals surface area contributed by atoms with Crippen LogP contribution in [0.3, 0.4) is 0 Å². The molecule has 5 rings (SSSR count). The quantitative estimate of drug-likeness (QED) is 0.182. The zero-order valence-corrected chi connectivity index (χ0v) is 23.4. The van der Waals surface area contributed by atoms with Crippen LogP contribution in [0, 0.1) is 0 Å². The Bertz CT molecular complexity index is 1260. The lowest BCUT2D eigenvalue weighted by Crippen LogP contribution is -2.61. The monoisotopic (exact) mass is 554 g/mol. The summed E-state index contributed by atoms with van der Waals surface area (Å²) in [6.07, 6.45) is -2.59. The molecule has 4 aromatic rings. The van der Waals surface area contributed by atoms with Gasteiger partial charge in [-0.3, -0.25) is 0 Å². The predicted molar refractivity (Wildman–Crippen MR) is 157 cm³/mol. The minimum atomic E-state index is -0.665. The molecule has 6 nitrogen and oxygen atoms in total. The van der Waals surface area contributed by atoms with Gasteiger partial charge in [-0.1, -0.05) is 121 Å². The van der Waals surface area contributed by atoms with Crippen LogP contribution < -0.4 is 0 Å². The van der Waals surface area contributed by atoms with E-state index in [1.807, 2.05) is 121 Å². The van der Waals surface area contributed by atoms with Crippen molar-refractivity contribution in [3.8, 4) is 0 Å². The third-order valence-corrected chi connectivity index (χ3v) is 7.07. The van der Waals surface area contributed by atoms with Crippen LogP contribution in [0.25, 0.3) is 0 Å². The van der Waals surface area contributed by atoms with Crippen molar-refractivity contribution in [2.45, 2.75) is 57.1 Å². The molecular formula is C35H38O6. The lowest BCUT2D eigenvalue weighted by Gasteiger charge is -2.45. The van der Waals surface area contributed by atoms with Gasteiger partial charge in [-0.05, 0) is 22.3 Å². The van der Waals surface area contributed by atoms with Crippen LogP contribution in [0.4, 0.5) is 0 Å². The van der Waals surface area contributed by atoms with Crippen molar-refractivity contribution in [1.29, 1.82) is 0 Å². The summed E-state index contributed by atoms with van der Waals surface area (Å²) < 4.78 is 38.2. The minimum Gasteiger partial charge on any atom is -0.374 e. The molecule has 0 N–H and O–H groups in total. The molecule has 4 aromatic carbocycles. The number of methoxy groups -OCH3 is 1. The summed E-state index contributed by atoms with van der Waals surface area (Å²) >= 11 is 0. The van der Waals surface area contributed by atoms with Crippen LogP contribution >= 0.6 is 0 Å². The normalized spacial score (nSPS) is 22.4. The molecule has 0 radical (unpaired) electrons. The molecule has 5 atom stereocenters. The van der Waals surface area contributed by atoms with Gasteiger partial charge in [0.2, 0.25) is 0 Å². The molecule has 1 saturated heterocycles. The third kappa shape index (κ3) is 8.57. The number of hydrogen-bond acceptors (Lipinski definition) is 6. The van der Waals surface area contributed by atoms with E-state index in [4.69, 9.17) is 28.4 Å². The maximum absolute atomic E-state index is 6.63. The fourth-order valence-corrected chi connectivity index (χ4v) is 4.94. The molecule has 3 unspecified atom stereocenters. The second-order valence-corrected chi connectivity index (χ2v) is 10.1. The molecule has 1 fully saturated rings. The molecule has 214 valence electrons. The molecule has 0 aliphatic carbocycles. The summed E-state index contributed by atoms with van der Waals surface area (Å²) in [5.74, 6) is 0. The third-order valence-electron chi connectivity index (χ3n) is 7.07. The lowest BCUT2D eigenvalue weighted by atomic mass is 9.97. The van der Waals surface area contributed by atoms with E-state index in [1.165, 1.54) is 0 Å². The van der Waals surface area contributed by atoms with E-state index in [9.17, 15) is 0 Å². The lowest BCUT2D eigenvalue weighted by molar-refractivity contribution is -0.323. The van der Waals surface area contributed by atoms with Gasteiger partial charge in [-0.15, -0.1) is 0 Å².